The molecule has 0 atom stereocenters. The number of hydrogen-bond acceptors (Lipinski definition) is 7. The first kappa shape index (κ1) is 13.5. The third-order valence-corrected chi connectivity index (χ3v) is 2.16. The van der Waals surface area contributed by atoms with E-state index in [-0.39, 0.29) is 17.6 Å². The zero-order valence-corrected chi connectivity index (χ0v) is 10.1. The first-order valence-corrected chi connectivity index (χ1v) is 5.49. The van der Waals surface area contributed by atoms with Crippen molar-refractivity contribution >= 4 is 17.6 Å². The van der Waals surface area contributed by atoms with Gasteiger partial charge in [0.1, 0.15) is 11.6 Å². The Hall–Kier alpha value is -1.60. The predicted molar refractivity (Wildman–Crippen MR) is 66.0 cm³/mol. The quantitative estimate of drug-likeness (QED) is 0.606. The third kappa shape index (κ3) is 3.72. The van der Waals surface area contributed by atoms with Gasteiger partial charge in [0.05, 0.1) is 0 Å². The van der Waals surface area contributed by atoms with Crippen molar-refractivity contribution in [1.29, 1.82) is 0 Å². The van der Waals surface area contributed by atoms with Crippen LogP contribution >= 0.6 is 0 Å². The molecule has 0 amide bonds. The van der Waals surface area contributed by atoms with Crippen molar-refractivity contribution in [2.24, 2.45) is 0 Å². The van der Waals surface area contributed by atoms with Crippen LogP contribution in [0.15, 0.2) is 0 Å². The van der Waals surface area contributed by atoms with Crippen LogP contribution in [-0.2, 0) is 15.9 Å². The van der Waals surface area contributed by atoms with Crippen LogP contribution in [0.5, 0.6) is 0 Å². The summed E-state index contributed by atoms with van der Waals surface area (Å²) in [5, 5.41) is 0. The summed E-state index contributed by atoms with van der Waals surface area (Å²) < 4.78 is 10.8. The Morgan fingerprint density at radius 1 is 1.00 bits per heavy atom. The average molecular weight is 241 g/mol. The second kappa shape index (κ2) is 6.21. The fraction of sp³-hybridized carbons (Fsp3) is 0.600. The van der Waals surface area contributed by atoms with Crippen LogP contribution in [0.4, 0.5) is 17.6 Å². The average Bonchev–Trinajstić information content (AvgIpc) is 2.23. The molecule has 0 saturated heterocycles. The maximum atomic E-state index is 5.74. The van der Waals surface area contributed by atoms with Gasteiger partial charge in [-0.25, -0.2) is 0 Å². The zero-order chi connectivity index (χ0) is 12.8. The lowest BCUT2D eigenvalue weighted by Gasteiger charge is -2.18. The van der Waals surface area contributed by atoms with Crippen molar-refractivity contribution in [2.75, 3.05) is 30.4 Å². The smallest absolute Gasteiger partial charge is 0.223 e. The Morgan fingerprint density at radius 2 is 1.47 bits per heavy atom. The van der Waals surface area contributed by atoms with Crippen molar-refractivity contribution in [3.63, 3.8) is 0 Å². The number of nitrogens with two attached hydrogens (primary N) is 3. The summed E-state index contributed by atoms with van der Waals surface area (Å²) in [6, 6.07) is 0. The van der Waals surface area contributed by atoms with E-state index in [4.69, 9.17) is 26.7 Å². The van der Waals surface area contributed by atoms with E-state index in [1.807, 2.05) is 13.8 Å². The molecule has 0 saturated carbocycles. The molecular weight excluding hydrogens is 222 g/mol. The zero-order valence-electron chi connectivity index (χ0n) is 10.1. The molecular formula is C10H19N5O2. The molecule has 0 fully saturated rings. The van der Waals surface area contributed by atoms with Crippen molar-refractivity contribution in [1.82, 2.24) is 9.97 Å². The molecule has 1 heterocycles. The largest absolute Gasteiger partial charge is 0.383 e. The number of ether oxygens (including phenoxy) is 2. The fourth-order valence-electron chi connectivity index (χ4n) is 1.45. The molecule has 0 aromatic carbocycles. The van der Waals surface area contributed by atoms with Gasteiger partial charge in [-0.2, -0.15) is 9.97 Å². The summed E-state index contributed by atoms with van der Waals surface area (Å²) in [5.74, 6) is 0.590. The SMILES string of the molecule is CCOC(Cc1c(N)nc(N)nc1N)OCC. The molecule has 0 spiro atoms. The van der Waals surface area contributed by atoms with Gasteiger partial charge in [0.2, 0.25) is 5.95 Å². The second-order valence-corrected chi connectivity index (χ2v) is 3.38. The van der Waals surface area contributed by atoms with Crippen LogP contribution in [0, 0.1) is 0 Å². The molecule has 1 aromatic heterocycles. The van der Waals surface area contributed by atoms with Gasteiger partial charge in [-0.3, -0.25) is 0 Å². The number of hydrogen-bond donors (Lipinski definition) is 3. The molecule has 6 N–H and O–H groups in total. The van der Waals surface area contributed by atoms with E-state index in [9.17, 15) is 0 Å². The molecule has 0 radical (unpaired) electrons. The highest BCUT2D eigenvalue weighted by Gasteiger charge is 2.16. The highest BCUT2D eigenvalue weighted by molar-refractivity contribution is 5.55. The first-order chi connectivity index (χ1) is 8.08. The van der Waals surface area contributed by atoms with E-state index in [0.717, 1.165) is 0 Å². The van der Waals surface area contributed by atoms with Gasteiger partial charge in [0.15, 0.2) is 6.29 Å². The number of rotatable bonds is 6. The lowest BCUT2D eigenvalue weighted by atomic mass is 10.2. The lowest BCUT2D eigenvalue weighted by molar-refractivity contribution is -0.134. The minimum atomic E-state index is -0.401. The first-order valence-electron chi connectivity index (χ1n) is 5.49. The molecule has 7 heteroatoms. The monoisotopic (exact) mass is 241 g/mol. The summed E-state index contributed by atoms with van der Waals surface area (Å²) in [6.07, 6.45) is 0.00132. The Morgan fingerprint density at radius 3 is 1.88 bits per heavy atom. The van der Waals surface area contributed by atoms with Gasteiger partial charge >= 0.3 is 0 Å². The molecule has 0 unspecified atom stereocenters. The number of aromatic nitrogens is 2. The Bertz CT molecular complexity index is 343. The van der Waals surface area contributed by atoms with E-state index >= 15 is 0 Å². The lowest BCUT2D eigenvalue weighted by Crippen LogP contribution is -2.22. The number of nitrogen functional groups attached to an aromatic ring is 3. The number of nitrogens with zero attached hydrogens (tertiary/aromatic N) is 2. The predicted octanol–water partition coefficient (Wildman–Crippen LogP) is 0.165. The summed E-state index contributed by atoms with van der Waals surface area (Å²) in [5.41, 5.74) is 17.5. The molecule has 0 aliphatic rings. The van der Waals surface area contributed by atoms with Crippen LogP contribution in [0.2, 0.25) is 0 Å². The van der Waals surface area contributed by atoms with E-state index in [1.54, 1.807) is 0 Å². The van der Waals surface area contributed by atoms with Gasteiger partial charge in [-0.05, 0) is 13.8 Å². The van der Waals surface area contributed by atoms with E-state index in [0.29, 0.717) is 25.2 Å². The van der Waals surface area contributed by atoms with Gasteiger partial charge in [-0.15, -0.1) is 0 Å². The second-order valence-electron chi connectivity index (χ2n) is 3.38. The van der Waals surface area contributed by atoms with E-state index < -0.39 is 6.29 Å². The minimum absolute atomic E-state index is 0.0631. The maximum Gasteiger partial charge on any atom is 0.223 e. The van der Waals surface area contributed by atoms with Crippen molar-refractivity contribution in [3.8, 4) is 0 Å². The molecule has 1 rings (SSSR count). The highest BCUT2D eigenvalue weighted by atomic mass is 16.7. The van der Waals surface area contributed by atoms with Gasteiger partial charge in [0.25, 0.3) is 0 Å². The summed E-state index contributed by atoms with van der Waals surface area (Å²) >= 11 is 0. The molecule has 1 aromatic rings. The van der Waals surface area contributed by atoms with E-state index in [1.165, 1.54) is 0 Å². The topological polar surface area (TPSA) is 122 Å². The fourth-order valence-corrected chi connectivity index (χ4v) is 1.45. The highest BCUT2D eigenvalue weighted by Crippen LogP contribution is 2.20. The summed E-state index contributed by atoms with van der Waals surface area (Å²) in [4.78, 5) is 7.72. The van der Waals surface area contributed by atoms with Gasteiger partial charge < -0.3 is 26.7 Å². The molecule has 17 heavy (non-hydrogen) atoms. The van der Waals surface area contributed by atoms with Gasteiger partial charge in [0, 0.05) is 25.2 Å². The van der Waals surface area contributed by atoms with Gasteiger partial charge in [-0.1, -0.05) is 0 Å². The number of anilines is 3. The Balaban J connectivity index is 2.84. The third-order valence-electron chi connectivity index (χ3n) is 2.16. The van der Waals surface area contributed by atoms with Crippen LogP contribution in [0.3, 0.4) is 0 Å². The van der Waals surface area contributed by atoms with Crippen LogP contribution in [-0.4, -0.2) is 29.5 Å². The minimum Gasteiger partial charge on any atom is -0.383 e. The summed E-state index contributed by atoms with van der Waals surface area (Å²) in [7, 11) is 0. The molecule has 7 nitrogen and oxygen atoms in total. The van der Waals surface area contributed by atoms with Crippen molar-refractivity contribution < 1.29 is 9.47 Å². The molecule has 96 valence electrons. The van der Waals surface area contributed by atoms with Crippen LogP contribution in [0.25, 0.3) is 0 Å². The Kier molecular flexibility index (Phi) is 4.92. The standard InChI is InChI=1S/C10H19N5O2/c1-3-16-7(17-4-2)5-6-8(11)14-10(13)15-9(6)12/h7H,3-5H2,1-2H3,(H6,11,12,13,14,15). The van der Waals surface area contributed by atoms with E-state index in [2.05, 4.69) is 9.97 Å². The van der Waals surface area contributed by atoms with Crippen molar-refractivity contribution in [2.45, 2.75) is 26.6 Å². The van der Waals surface area contributed by atoms with Crippen LogP contribution < -0.4 is 17.2 Å². The molecule has 0 bridgehead atoms. The van der Waals surface area contributed by atoms with Crippen molar-refractivity contribution in [3.05, 3.63) is 5.56 Å². The van der Waals surface area contributed by atoms with Crippen LogP contribution in [0.1, 0.15) is 19.4 Å². The normalized spacial score (nSPS) is 11.0. The maximum absolute atomic E-state index is 5.74. The molecule has 0 aliphatic carbocycles. The summed E-state index contributed by atoms with van der Waals surface area (Å²) in [6.45, 7) is 4.86. The Labute approximate surface area is 100 Å². The molecule has 0 aliphatic heterocycles.